The van der Waals surface area contributed by atoms with E-state index in [0.29, 0.717) is 37.0 Å². The third kappa shape index (κ3) is 5.24. The lowest BCUT2D eigenvalue weighted by Gasteiger charge is -2.33. The Balaban J connectivity index is 1.44. The Morgan fingerprint density at radius 2 is 2.19 bits per heavy atom. The molecule has 4 heterocycles. The van der Waals surface area contributed by atoms with Crippen LogP contribution in [-0.4, -0.2) is 63.2 Å². The lowest BCUT2D eigenvalue weighted by atomic mass is 10.0. The van der Waals surface area contributed by atoms with Crippen molar-refractivity contribution in [3.63, 3.8) is 0 Å². The van der Waals surface area contributed by atoms with Crippen molar-refractivity contribution in [2.75, 3.05) is 25.5 Å². The molecule has 196 valence electrons. The number of nitriles is 1. The van der Waals surface area contributed by atoms with Gasteiger partial charge in [0.05, 0.1) is 40.4 Å². The van der Waals surface area contributed by atoms with Crippen LogP contribution in [0.5, 0.6) is 0 Å². The number of carbonyl (C=O) groups is 1. The van der Waals surface area contributed by atoms with Gasteiger partial charge in [0.1, 0.15) is 11.6 Å². The summed E-state index contributed by atoms with van der Waals surface area (Å²) in [5.41, 5.74) is -4.67. The molecule has 5 rings (SSSR count). The van der Waals surface area contributed by atoms with Gasteiger partial charge in [0.25, 0.3) is 0 Å². The average molecular weight is 538 g/mol. The number of hydrogen-bond donors (Lipinski definition) is 2. The summed E-state index contributed by atoms with van der Waals surface area (Å²) in [5, 5.41) is 18.5. The van der Waals surface area contributed by atoms with Gasteiger partial charge in [0.2, 0.25) is 17.6 Å². The highest BCUT2D eigenvalue weighted by Crippen LogP contribution is 2.45. The number of rotatable bonds is 7. The fraction of sp³-hybridized carbons (Fsp3) is 0.478. The SMILES string of the molecule is CN1CC[C@@H](Nc2cccn3c(SC(F)(F)F)c(-c4noc(CNC(=O)C5(C#N)CC5)n4)cc23)[C@@H](F)C1. The first-order chi connectivity index (χ1) is 17.6. The maximum Gasteiger partial charge on any atom is 0.447 e. The molecule has 0 radical (unpaired) electrons. The van der Waals surface area contributed by atoms with Crippen LogP contribution in [0.4, 0.5) is 23.2 Å². The number of carbonyl (C=O) groups excluding carboxylic acids is 1. The average Bonchev–Trinajstić information content (AvgIpc) is 3.37. The Hall–Kier alpha value is -3.31. The van der Waals surface area contributed by atoms with E-state index in [9.17, 15) is 22.4 Å². The van der Waals surface area contributed by atoms with Gasteiger partial charge >= 0.3 is 5.51 Å². The van der Waals surface area contributed by atoms with Gasteiger partial charge in [-0.15, -0.1) is 0 Å². The second-order valence-corrected chi connectivity index (χ2v) is 10.3. The molecule has 14 heteroatoms. The summed E-state index contributed by atoms with van der Waals surface area (Å²) in [5.74, 6) is -0.552. The number of aromatic nitrogens is 3. The topological polar surface area (TPSA) is 111 Å². The first kappa shape index (κ1) is 25.3. The van der Waals surface area contributed by atoms with Crippen LogP contribution < -0.4 is 10.6 Å². The number of amides is 1. The number of hydrogen-bond acceptors (Lipinski definition) is 8. The molecule has 1 aliphatic carbocycles. The number of halogens is 4. The predicted molar refractivity (Wildman–Crippen MR) is 126 cm³/mol. The zero-order chi connectivity index (χ0) is 26.4. The zero-order valence-corrected chi connectivity index (χ0v) is 20.5. The third-order valence-electron chi connectivity index (χ3n) is 6.57. The molecular weight excluding hydrogens is 514 g/mol. The van der Waals surface area contributed by atoms with Gasteiger partial charge in [-0.3, -0.25) is 4.79 Å². The van der Waals surface area contributed by atoms with Crippen molar-refractivity contribution < 1.29 is 26.9 Å². The maximum atomic E-state index is 14.6. The van der Waals surface area contributed by atoms with Gasteiger partial charge in [-0.1, -0.05) is 5.16 Å². The van der Waals surface area contributed by atoms with Gasteiger partial charge in [-0.2, -0.15) is 23.4 Å². The van der Waals surface area contributed by atoms with Gasteiger partial charge in [0, 0.05) is 31.0 Å². The minimum Gasteiger partial charge on any atom is -0.378 e. The quantitative estimate of drug-likeness (QED) is 0.344. The predicted octanol–water partition coefficient (Wildman–Crippen LogP) is 3.98. The Bertz CT molecular complexity index is 1360. The molecule has 3 aromatic heterocycles. The van der Waals surface area contributed by atoms with E-state index in [-0.39, 0.29) is 47.2 Å². The summed E-state index contributed by atoms with van der Waals surface area (Å²) in [6, 6.07) is 6.27. The standard InChI is InChI=1S/C23H23F4N7O2S/c1-33-8-4-15(14(24)11-33)30-16-3-2-7-34-17(16)9-13(20(34)37-23(25,26)27)19-31-18(36-32-19)10-29-21(35)22(12-28)5-6-22/h2-3,7,9,14-15,30H,4-6,8,10-11H2,1H3,(H,29,35)/t14-,15+/m0/s1. The molecule has 1 amide bonds. The molecule has 2 atom stereocenters. The van der Waals surface area contributed by atoms with E-state index in [4.69, 9.17) is 9.78 Å². The van der Waals surface area contributed by atoms with Crippen molar-refractivity contribution in [2.24, 2.45) is 5.41 Å². The zero-order valence-electron chi connectivity index (χ0n) is 19.7. The molecule has 1 aliphatic heterocycles. The van der Waals surface area contributed by atoms with Crippen LogP contribution in [0.25, 0.3) is 16.9 Å². The first-order valence-electron chi connectivity index (χ1n) is 11.6. The van der Waals surface area contributed by atoms with E-state index >= 15 is 0 Å². The molecule has 0 unspecified atom stereocenters. The highest BCUT2D eigenvalue weighted by Gasteiger charge is 2.50. The number of fused-ring (bicyclic) bond motifs is 1. The molecular formula is C23H23F4N7O2S. The minimum atomic E-state index is -4.60. The van der Waals surface area contributed by atoms with E-state index in [2.05, 4.69) is 20.8 Å². The van der Waals surface area contributed by atoms with E-state index < -0.39 is 29.0 Å². The second kappa shape index (κ2) is 9.53. The molecule has 1 saturated carbocycles. The molecule has 9 nitrogen and oxygen atoms in total. The monoisotopic (exact) mass is 537 g/mol. The van der Waals surface area contributed by atoms with Crippen LogP contribution in [0.3, 0.4) is 0 Å². The molecule has 2 fully saturated rings. The van der Waals surface area contributed by atoms with E-state index in [0.717, 1.165) is 0 Å². The van der Waals surface area contributed by atoms with Crippen molar-refractivity contribution in [2.45, 2.75) is 48.6 Å². The van der Waals surface area contributed by atoms with Crippen LogP contribution in [0.2, 0.25) is 0 Å². The fourth-order valence-electron chi connectivity index (χ4n) is 4.36. The molecule has 0 aromatic carbocycles. The fourth-order valence-corrected chi connectivity index (χ4v) is 5.10. The lowest BCUT2D eigenvalue weighted by molar-refractivity contribution is -0.124. The van der Waals surface area contributed by atoms with Crippen molar-refractivity contribution >= 4 is 28.9 Å². The number of pyridine rings is 1. The molecule has 1 saturated heterocycles. The summed E-state index contributed by atoms with van der Waals surface area (Å²) in [7, 11) is 1.83. The lowest BCUT2D eigenvalue weighted by Crippen LogP contribution is -2.46. The highest BCUT2D eigenvalue weighted by molar-refractivity contribution is 8.00. The summed E-state index contributed by atoms with van der Waals surface area (Å²) < 4.78 is 61.7. The van der Waals surface area contributed by atoms with Crippen molar-refractivity contribution in [3.8, 4) is 17.5 Å². The summed E-state index contributed by atoms with van der Waals surface area (Å²) in [4.78, 5) is 18.3. The van der Waals surface area contributed by atoms with E-state index in [1.54, 1.807) is 12.1 Å². The van der Waals surface area contributed by atoms with E-state index in [1.165, 1.54) is 16.7 Å². The van der Waals surface area contributed by atoms with Gasteiger partial charge in [-0.25, -0.2) is 4.39 Å². The third-order valence-corrected chi connectivity index (χ3v) is 7.41. The molecule has 0 bridgehead atoms. The van der Waals surface area contributed by atoms with Crippen LogP contribution in [0, 0.1) is 16.7 Å². The minimum absolute atomic E-state index is 0.0137. The van der Waals surface area contributed by atoms with Gasteiger partial charge < -0.3 is 24.5 Å². The van der Waals surface area contributed by atoms with Crippen LogP contribution in [-0.2, 0) is 11.3 Å². The number of nitrogens with zero attached hydrogens (tertiary/aromatic N) is 5. The Morgan fingerprint density at radius 3 is 2.86 bits per heavy atom. The number of anilines is 1. The normalized spacial score (nSPS) is 21.5. The van der Waals surface area contributed by atoms with Crippen molar-refractivity contribution in [3.05, 3.63) is 30.3 Å². The highest BCUT2D eigenvalue weighted by atomic mass is 32.2. The Morgan fingerprint density at radius 1 is 1.41 bits per heavy atom. The largest absolute Gasteiger partial charge is 0.447 e. The Kier molecular flexibility index (Phi) is 6.53. The van der Waals surface area contributed by atoms with Crippen molar-refractivity contribution in [1.82, 2.24) is 24.8 Å². The van der Waals surface area contributed by atoms with Crippen LogP contribution in [0.15, 0.2) is 33.9 Å². The summed E-state index contributed by atoms with van der Waals surface area (Å²) >= 11 is -0.317. The Labute approximate surface area is 213 Å². The number of piperidine rings is 1. The van der Waals surface area contributed by atoms with E-state index in [1.807, 2.05) is 18.0 Å². The molecule has 2 N–H and O–H groups in total. The summed E-state index contributed by atoms with van der Waals surface area (Å²) in [6.07, 6.45) is 1.83. The molecule has 37 heavy (non-hydrogen) atoms. The number of thioether (sulfide) groups is 1. The van der Waals surface area contributed by atoms with Gasteiger partial charge in [0.15, 0.2) is 0 Å². The van der Waals surface area contributed by atoms with Crippen LogP contribution in [0.1, 0.15) is 25.2 Å². The van der Waals surface area contributed by atoms with Gasteiger partial charge in [-0.05, 0) is 44.5 Å². The van der Waals surface area contributed by atoms with Crippen LogP contribution >= 0.6 is 11.8 Å². The molecule has 3 aromatic rings. The smallest absolute Gasteiger partial charge is 0.378 e. The maximum absolute atomic E-state index is 14.6. The number of alkyl halides is 4. The second-order valence-electron chi connectivity index (χ2n) is 9.29. The van der Waals surface area contributed by atoms with Crippen molar-refractivity contribution in [1.29, 1.82) is 5.26 Å². The molecule has 0 spiro atoms. The number of nitrogens with one attached hydrogen (secondary N) is 2. The molecule has 2 aliphatic rings. The number of likely N-dealkylation sites (tertiary alicyclic amines) is 1. The first-order valence-corrected chi connectivity index (χ1v) is 12.4. The summed E-state index contributed by atoms with van der Waals surface area (Å²) in [6.45, 7) is 0.797.